The molecule has 2 N–H and O–H groups in total. The first-order valence-electron chi connectivity index (χ1n) is 9.90. The Labute approximate surface area is 169 Å². The fourth-order valence-corrected chi connectivity index (χ4v) is 4.04. The fraction of sp³-hybridized carbons (Fsp3) is 0.304. The van der Waals surface area contributed by atoms with Crippen LogP contribution in [0, 0.1) is 0 Å². The highest BCUT2D eigenvalue weighted by Gasteiger charge is 2.22. The Hall–Kier alpha value is -3.12. The van der Waals surface area contributed by atoms with E-state index in [0.29, 0.717) is 5.56 Å². The number of nitrogens with two attached hydrogens (primary N) is 1. The zero-order valence-corrected chi connectivity index (χ0v) is 16.5. The first-order chi connectivity index (χ1) is 14.0. The van der Waals surface area contributed by atoms with Gasteiger partial charge < -0.3 is 15.0 Å². The lowest BCUT2D eigenvalue weighted by atomic mass is 10.1. The molecule has 1 saturated heterocycles. The lowest BCUT2D eigenvalue weighted by Crippen LogP contribution is -2.37. The number of piperidine rings is 1. The standard InChI is InChI=1S/C23H25N3O3/c1-16(27)29-20-10-12-25(13-11-20)14-18-15-26(22-5-3-2-4-21(18)22)19-8-6-17(7-9-19)23(24)28/h2-9,15,20H,10-14H2,1H3,(H2,24,28). The maximum absolute atomic E-state index is 11.4. The third kappa shape index (κ3) is 4.17. The molecule has 6 heteroatoms. The lowest BCUT2D eigenvalue weighted by molar-refractivity contribution is -0.148. The third-order valence-electron chi connectivity index (χ3n) is 5.49. The second kappa shape index (κ2) is 8.09. The molecular formula is C23H25N3O3. The Morgan fingerprint density at radius 3 is 2.41 bits per heavy atom. The number of esters is 1. The highest BCUT2D eigenvalue weighted by Crippen LogP contribution is 2.27. The smallest absolute Gasteiger partial charge is 0.302 e. The quantitative estimate of drug-likeness (QED) is 0.677. The molecule has 2 heterocycles. The van der Waals surface area contributed by atoms with Crippen molar-refractivity contribution in [3.63, 3.8) is 0 Å². The highest BCUT2D eigenvalue weighted by atomic mass is 16.5. The van der Waals surface area contributed by atoms with Crippen LogP contribution < -0.4 is 5.73 Å². The number of rotatable bonds is 5. The van der Waals surface area contributed by atoms with Crippen LogP contribution >= 0.6 is 0 Å². The van der Waals surface area contributed by atoms with Gasteiger partial charge in [-0.3, -0.25) is 14.5 Å². The van der Waals surface area contributed by atoms with E-state index in [1.165, 1.54) is 17.9 Å². The predicted octanol–water partition coefficient (Wildman–Crippen LogP) is 3.26. The number of hydrogen-bond acceptors (Lipinski definition) is 4. The molecule has 29 heavy (non-hydrogen) atoms. The molecule has 1 aliphatic heterocycles. The van der Waals surface area contributed by atoms with E-state index in [1.807, 2.05) is 18.2 Å². The molecule has 0 bridgehead atoms. The number of nitrogens with zero attached hydrogens (tertiary/aromatic N) is 2. The summed E-state index contributed by atoms with van der Waals surface area (Å²) in [4.78, 5) is 24.9. The number of primary amides is 1. The fourth-order valence-electron chi connectivity index (χ4n) is 4.04. The zero-order chi connectivity index (χ0) is 20.4. The molecule has 0 aliphatic carbocycles. The number of carbonyl (C=O) groups is 2. The maximum Gasteiger partial charge on any atom is 0.302 e. The van der Waals surface area contributed by atoms with Gasteiger partial charge in [0, 0.05) is 49.4 Å². The van der Waals surface area contributed by atoms with Crippen molar-refractivity contribution in [3.05, 3.63) is 65.9 Å². The van der Waals surface area contributed by atoms with E-state index in [2.05, 4.69) is 33.9 Å². The largest absolute Gasteiger partial charge is 0.462 e. The summed E-state index contributed by atoms with van der Waals surface area (Å²) >= 11 is 0. The second-order valence-electron chi connectivity index (χ2n) is 7.54. The van der Waals surface area contributed by atoms with E-state index < -0.39 is 5.91 Å². The number of para-hydroxylation sites is 1. The average Bonchev–Trinajstić information content (AvgIpc) is 3.08. The monoisotopic (exact) mass is 391 g/mol. The van der Waals surface area contributed by atoms with E-state index >= 15 is 0 Å². The third-order valence-corrected chi connectivity index (χ3v) is 5.49. The van der Waals surface area contributed by atoms with Crippen molar-refractivity contribution in [2.75, 3.05) is 13.1 Å². The van der Waals surface area contributed by atoms with Crippen LogP contribution in [0.2, 0.25) is 0 Å². The SMILES string of the molecule is CC(=O)OC1CCN(Cc2cn(-c3ccc(C(N)=O)cc3)c3ccccc23)CC1. The summed E-state index contributed by atoms with van der Waals surface area (Å²) in [5.74, 6) is -0.624. The summed E-state index contributed by atoms with van der Waals surface area (Å²) in [5.41, 5.74) is 9.24. The number of carbonyl (C=O) groups excluding carboxylic acids is 2. The van der Waals surface area contributed by atoms with Crippen LogP contribution in [-0.2, 0) is 16.1 Å². The number of ether oxygens (including phenoxy) is 1. The van der Waals surface area contributed by atoms with Gasteiger partial charge in [0.2, 0.25) is 5.91 Å². The Balaban J connectivity index is 1.57. The molecule has 1 aliphatic rings. The molecular weight excluding hydrogens is 366 g/mol. The summed E-state index contributed by atoms with van der Waals surface area (Å²) in [6, 6.07) is 15.7. The van der Waals surface area contributed by atoms with Gasteiger partial charge in [-0.1, -0.05) is 18.2 Å². The molecule has 0 radical (unpaired) electrons. The minimum atomic E-state index is -0.424. The molecule has 1 aromatic heterocycles. The van der Waals surface area contributed by atoms with Crippen LogP contribution in [0.1, 0.15) is 35.7 Å². The molecule has 0 saturated carbocycles. The van der Waals surface area contributed by atoms with E-state index in [1.54, 1.807) is 12.1 Å². The van der Waals surface area contributed by atoms with Gasteiger partial charge in [0.05, 0.1) is 5.52 Å². The summed E-state index contributed by atoms with van der Waals surface area (Å²) in [6.07, 6.45) is 3.94. The first-order valence-corrected chi connectivity index (χ1v) is 9.90. The van der Waals surface area contributed by atoms with Gasteiger partial charge >= 0.3 is 5.97 Å². The van der Waals surface area contributed by atoms with Crippen molar-refractivity contribution >= 4 is 22.8 Å². The first kappa shape index (κ1) is 19.2. The molecule has 1 amide bonds. The Morgan fingerprint density at radius 2 is 1.76 bits per heavy atom. The summed E-state index contributed by atoms with van der Waals surface area (Å²) < 4.78 is 7.50. The number of fused-ring (bicyclic) bond motifs is 1. The molecule has 1 fully saturated rings. The molecule has 0 spiro atoms. The van der Waals surface area contributed by atoms with Gasteiger partial charge in [-0.15, -0.1) is 0 Å². The molecule has 4 rings (SSSR count). The van der Waals surface area contributed by atoms with Gasteiger partial charge in [0.15, 0.2) is 0 Å². The molecule has 0 atom stereocenters. The summed E-state index contributed by atoms with van der Waals surface area (Å²) in [7, 11) is 0. The van der Waals surface area contributed by atoms with E-state index in [-0.39, 0.29) is 12.1 Å². The van der Waals surface area contributed by atoms with Gasteiger partial charge in [-0.05, 0) is 48.7 Å². The molecule has 0 unspecified atom stereocenters. The van der Waals surface area contributed by atoms with Crippen molar-refractivity contribution in [1.29, 1.82) is 0 Å². The maximum atomic E-state index is 11.4. The van der Waals surface area contributed by atoms with Crippen LogP contribution in [0.3, 0.4) is 0 Å². The predicted molar refractivity (Wildman–Crippen MR) is 112 cm³/mol. The Bertz CT molecular complexity index is 1030. The number of hydrogen-bond donors (Lipinski definition) is 1. The van der Waals surface area contributed by atoms with Gasteiger partial charge in [0.1, 0.15) is 6.10 Å². The van der Waals surface area contributed by atoms with Gasteiger partial charge in [-0.25, -0.2) is 0 Å². The van der Waals surface area contributed by atoms with Crippen LogP contribution in [0.5, 0.6) is 0 Å². The van der Waals surface area contributed by atoms with Crippen molar-refractivity contribution in [1.82, 2.24) is 9.47 Å². The highest BCUT2D eigenvalue weighted by molar-refractivity contribution is 5.93. The van der Waals surface area contributed by atoms with Crippen LogP contribution in [0.25, 0.3) is 16.6 Å². The van der Waals surface area contributed by atoms with Crippen LogP contribution in [-0.4, -0.2) is 40.5 Å². The number of aromatic nitrogens is 1. The summed E-state index contributed by atoms with van der Waals surface area (Å²) in [6.45, 7) is 4.13. The lowest BCUT2D eigenvalue weighted by Gasteiger charge is -2.31. The van der Waals surface area contributed by atoms with Crippen LogP contribution in [0.15, 0.2) is 54.7 Å². The minimum absolute atomic E-state index is 0.0360. The van der Waals surface area contributed by atoms with Gasteiger partial charge in [-0.2, -0.15) is 0 Å². The van der Waals surface area contributed by atoms with E-state index in [4.69, 9.17) is 10.5 Å². The van der Waals surface area contributed by atoms with Crippen molar-refractivity contribution in [2.24, 2.45) is 5.73 Å². The topological polar surface area (TPSA) is 77.6 Å². The molecule has 2 aromatic carbocycles. The van der Waals surface area contributed by atoms with E-state index in [0.717, 1.165) is 43.7 Å². The second-order valence-corrected chi connectivity index (χ2v) is 7.54. The van der Waals surface area contributed by atoms with Crippen molar-refractivity contribution in [2.45, 2.75) is 32.4 Å². The number of likely N-dealkylation sites (tertiary alicyclic amines) is 1. The number of amides is 1. The Morgan fingerprint density at radius 1 is 1.07 bits per heavy atom. The van der Waals surface area contributed by atoms with Crippen molar-refractivity contribution < 1.29 is 14.3 Å². The van der Waals surface area contributed by atoms with Gasteiger partial charge in [0.25, 0.3) is 0 Å². The minimum Gasteiger partial charge on any atom is -0.462 e. The average molecular weight is 391 g/mol. The normalized spacial score (nSPS) is 15.5. The van der Waals surface area contributed by atoms with Crippen molar-refractivity contribution in [3.8, 4) is 5.69 Å². The van der Waals surface area contributed by atoms with E-state index in [9.17, 15) is 9.59 Å². The molecule has 3 aromatic rings. The summed E-state index contributed by atoms with van der Waals surface area (Å²) in [5, 5.41) is 1.22. The van der Waals surface area contributed by atoms with Crippen LogP contribution in [0.4, 0.5) is 0 Å². The molecule has 6 nitrogen and oxygen atoms in total. The molecule has 150 valence electrons. The zero-order valence-electron chi connectivity index (χ0n) is 16.5. The number of benzene rings is 2. The Kier molecular flexibility index (Phi) is 5.36.